The number of esters is 1. The number of likely N-dealkylation sites (N-methyl/N-ethyl adjacent to an activating group) is 2. The van der Waals surface area contributed by atoms with Crippen molar-refractivity contribution in [3.63, 3.8) is 0 Å². The molecule has 53 heavy (non-hydrogen) atoms. The van der Waals surface area contributed by atoms with E-state index in [2.05, 4.69) is 33.9 Å². The van der Waals surface area contributed by atoms with Crippen LogP contribution in [0.1, 0.15) is 91.2 Å². The van der Waals surface area contributed by atoms with Gasteiger partial charge in [0.15, 0.2) is 0 Å². The molecule has 0 aromatic heterocycles. The van der Waals surface area contributed by atoms with Crippen LogP contribution in [-0.4, -0.2) is 152 Å². The van der Waals surface area contributed by atoms with Gasteiger partial charge in [-0.1, -0.05) is 71.4 Å². The van der Waals surface area contributed by atoms with Crippen LogP contribution in [0.3, 0.4) is 0 Å². The third-order valence-electron chi connectivity index (χ3n) is 11.9. The first kappa shape index (κ1) is 41.1. The van der Waals surface area contributed by atoms with Crippen LogP contribution >= 0.6 is 0 Å². The largest absolute Gasteiger partial charge is 0.455 e. The zero-order chi connectivity index (χ0) is 38.3. The average Bonchev–Trinajstić information content (AvgIpc) is 3.83. The van der Waals surface area contributed by atoms with Gasteiger partial charge in [-0.05, 0) is 75.6 Å². The fourth-order valence-electron chi connectivity index (χ4n) is 8.59. The van der Waals surface area contributed by atoms with Crippen LogP contribution in [0.2, 0.25) is 0 Å². The number of hydrogen-bond acceptors (Lipinski definition) is 9. The molecule has 1 aromatic rings. The number of carbonyl (C=O) groups excluding carboxylic acids is 4. The standard InChI is InChI=1S/C41H66N6O6/c1-29(2)34(44(7)39(50)36(41(3,4)5)42-37(48)31-17-11-12-20-43(31)6)27-46-21-13-18-32(46)38(49)47-22-14-19-33(47)40(51)53-35(30-15-9-8-10-16-30)28-45-23-25-52-26-24-45/h8-10,15-16,29,31-36H,11-14,17-28H2,1-7H3,(H,42,48)/t31?,32-,33-,34+,35?,36+/m0/s1. The molecule has 1 N–H and O–H groups in total. The van der Waals surface area contributed by atoms with E-state index in [0.717, 1.165) is 63.8 Å². The molecule has 0 bridgehead atoms. The molecule has 6 atom stereocenters. The molecular weight excluding hydrogens is 672 g/mol. The lowest BCUT2D eigenvalue weighted by atomic mass is 9.84. The quantitative estimate of drug-likeness (QED) is 0.304. The maximum absolute atomic E-state index is 14.4. The summed E-state index contributed by atoms with van der Waals surface area (Å²) in [5, 5.41) is 3.15. The van der Waals surface area contributed by atoms with E-state index in [-0.39, 0.29) is 47.7 Å². The molecule has 1 aromatic carbocycles. The van der Waals surface area contributed by atoms with E-state index in [1.54, 1.807) is 9.80 Å². The highest BCUT2D eigenvalue weighted by Gasteiger charge is 2.44. The van der Waals surface area contributed by atoms with Gasteiger partial charge in [0.05, 0.1) is 25.3 Å². The highest BCUT2D eigenvalue weighted by atomic mass is 16.5. The summed E-state index contributed by atoms with van der Waals surface area (Å²) < 4.78 is 11.8. The summed E-state index contributed by atoms with van der Waals surface area (Å²) in [4.78, 5) is 66.2. The zero-order valence-electron chi connectivity index (χ0n) is 33.4. The SMILES string of the molecule is CC(C)[C@@H](CN1CCC[C@H]1C(=O)N1CCC[C@H]1C(=O)OC(CN1CCOCC1)c1ccccc1)N(C)C(=O)[C@@H](NC(=O)C1CCCCN1C)C(C)(C)C. The summed E-state index contributed by atoms with van der Waals surface area (Å²) in [6.45, 7) is 16.3. The highest BCUT2D eigenvalue weighted by molar-refractivity contribution is 5.91. The molecule has 4 heterocycles. The molecule has 2 unspecified atom stereocenters. The first-order valence-electron chi connectivity index (χ1n) is 20.1. The van der Waals surface area contributed by atoms with E-state index >= 15 is 0 Å². The number of nitrogens with zero attached hydrogens (tertiary/aromatic N) is 5. The molecule has 4 fully saturated rings. The molecule has 296 valence electrons. The van der Waals surface area contributed by atoms with Crippen molar-refractivity contribution in [1.29, 1.82) is 0 Å². The predicted molar refractivity (Wildman–Crippen MR) is 205 cm³/mol. The summed E-state index contributed by atoms with van der Waals surface area (Å²) in [5.74, 6) is -0.466. The van der Waals surface area contributed by atoms with Crippen molar-refractivity contribution >= 4 is 23.7 Å². The summed E-state index contributed by atoms with van der Waals surface area (Å²) >= 11 is 0. The smallest absolute Gasteiger partial charge is 0.329 e. The number of rotatable bonds is 13. The number of morpholine rings is 1. The van der Waals surface area contributed by atoms with Gasteiger partial charge in [-0.15, -0.1) is 0 Å². The van der Waals surface area contributed by atoms with E-state index in [4.69, 9.17) is 9.47 Å². The minimum absolute atomic E-state index is 0.0284. The van der Waals surface area contributed by atoms with Crippen molar-refractivity contribution in [2.24, 2.45) is 11.3 Å². The van der Waals surface area contributed by atoms with Gasteiger partial charge >= 0.3 is 5.97 Å². The second kappa shape index (κ2) is 18.5. The van der Waals surface area contributed by atoms with Crippen LogP contribution in [-0.2, 0) is 28.7 Å². The van der Waals surface area contributed by atoms with Gasteiger partial charge in [-0.2, -0.15) is 0 Å². The molecule has 4 aliphatic heterocycles. The van der Waals surface area contributed by atoms with Crippen LogP contribution < -0.4 is 5.32 Å². The van der Waals surface area contributed by atoms with E-state index in [1.807, 2.05) is 65.2 Å². The van der Waals surface area contributed by atoms with Crippen LogP contribution in [0.4, 0.5) is 0 Å². The number of ether oxygens (including phenoxy) is 2. The number of amides is 3. The second-order valence-corrected chi connectivity index (χ2v) is 17.2. The van der Waals surface area contributed by atoms with E-state index in [9.17, 15) is 19.2 Å². The monoisotopic (exact) mass is 739 g/mol. The fraction of sp³-hybridized carbons (Fsp3) is 0.756. The normalized spacial score (nSPS) is 25.2. The lowest BCUT2D eigenvalue weighted by Gasteiger charge is -2.41. The first-order valence-corrected chi connectivity index (χ1v) is 20.1. The summed E-state index contributed by atoms with van der Waals surface area (Å²) in [6.07, 6.45) is 5.34. The van der Waals surface area contributed by atoms with Gasteiger partial charge in [-0.25, -0.2) is 4.79 Å². The maximum Gasteiger partial charge on any atom is 0.329 e. The first-order chi connectivity index (χ1) is 25.3. The summed E-state index contributed by atoms with van der Waals surface area (Å²) in [7, 11) is 3.82. The van der Waals surface area contributed by atoms with Gasteiger partial charge in [0.25, 0.3) is 0 Å². The average molecular weight is 739 g/mol. The Morgan fingerprint density at radius 2 is 1.53 bits per heavy atom. The molecule has 0 aliphatic carbocycles. The van der Waals surface area contributed by atoms with Gasteiger partial charge in [0, 0.05) is 45.8 Å². The third kappa shape index (κ3) is 10.4. The van der Waals surface area contributed by atoms with E-state index in [0.29, 0.717) is 45.7 Å². The Labute approximate surface area is 317 Å². The summed E-state index contributed by atoms with van der Waals surface area (Å²) in [6, 6.07) is 7.77. The highest BCUT2D eigenvalue weighted by Crippen LogP contribution is 2.30. The van der Waals surface area contributed by atoms with Crippen molar-refractivity contribution < 1.29 is 28.7 Å². The van der Waals surface area contributed by atoms with Crippen LogP contribution in [0, 0.1) is 11.3 Å². The number of hydrogen-bond donors (Lipinski definition) is 1. The Morgan fingerprint density at radius 1 is 0.868 bits per heavy atom. The molecule has 3 amide bonds. The van der Waals surface area contributed by atoms with Crippen molar-refractivity contribution in [1.82, 2.24) is 29.8 Å². The maximum atomic E-state index is 14.4. The Bertz CT molecular complexity index is 1380. The van der Waals surface area contributed by atoms with Gasteiger partial charge < -0.3 is 24.6 Å². The number of carbonyl (C=O) groups is 4. The molecule has 4 saturated heterocycles. The Balaban J connectivity index is 1.25. The van der Waals surface area contributed by atoms with E-state index in [1.165, 1.54) is 0 Å². The summed E-state index contributed by atoms with van der Waals surface area (Å²) in [5.41, 5.74) is 0.446. The molecule has 12 nitrogen and oxygen atoms in total. The minimum atomic E-state index is -0.688. The molecule has 12 heteroatoms. The lowest BCUT2D eigenvalue weighted by Crippen LogP contribution is -2.61. The third-order valence-corrected chi connectivity index (χ3v) is 11.9. The van der Waals surface area contributed by atoms with Gasteiger partial charge in [0.2, 0.25) is 17.7 Å². The van der Waals surface area contributed by atoms with Crippen molar-refractivity contribution in [3.8, 4) is 0 Å². The predicted octanol–water partition coefficient (Wildman–Crippen LogP) is 3.56. The van der Waals surface area contributed by atoms with Gasteiger partial charge in [0.1, 0.15) is 18.2 Å². The second-order valence-electron chi connectivity index (χ2n) is 17.2. The van der Waals surface area contributed by atoms with Crippen LogP contribution in [0.25, 0.3) is 0 Å². The topological polar surface area (TPSA) is 115 Å². The van der Waals surface area contributed by atoms with Gasteiger partial charge in [-0.3, -0.25) is 29.1 Å². The van der Waals surface area contributed by atoms with Crippen molar-refractivity contribution in [3.05, 3.63) is 35.9 Å². The molecular formula is C41H66N6O6. The molecule has 0 radical (unpaired) electrons. The number of nitrogens with one attached hydrogen (secondary N) is 1. The Hall–Kier alpha value is -3.06. The molecule has 4 aliphatic rings. The van der Waals surface area contributed by atoms with Crippen LogP contribution in [0.5, 0.6) is 0 Å². The number of benzene rings is 1. The number of piperidine rings is 1. The Morgan fingerprint density at radius 3 is 2.19 bits per heavy atom. The van der Waals surface area contributed by atoms with Crippen molar-refractivity contribution in [2.45, 2.75) is 116 Å². The lowest BCUT2D eigenvalue weighted by molar-refractivity contribution is -0.160. The van der Waals surface area contributed by atoms with Crippen LogP contribution in [0.15, 0.2) is 30.3 Å². The number of likely N-dealkylation sites (tertiary alicyclic amines) is 3. The fourth-order valence-corrected chi connectivity index (χ4v) is 8.59. The zero-order valence-corrected chi connectivity index (χ0v) is 33.4. The van der Waals surface area contributed by atoms with Crippen molar-refractivity contribution in [2.75, 3.05) is 73.1 Å². The molecule has 0 saturated carbocycles. The Kier molecular flexibility index (Phi) is 14.4. The molecule has 5 rings (SSSR count). The molecule has 0 spiro atoms. The van der Waals surface area contributed by atoms with E-state index < -0.39 is 23.6 Å². The minimum Gasteiger partial charge on any atom is -0.455 e.